The van der Waals surface area contributed by atoms with E-state index in [4.69, 9.17) is 4.74 Å². The smallest absolute Gasteiger partial charge is 0.309 e. The molecule has 0 spiro atoms. The Bertz CT molecular complexity index is 751. The van der Waals surface area contributed by atoms with Crippen molar-refractivity contribution >= 4 is 57.0 Å². The summed E-state index contributed by atoms with van der Waals surface area (Å²) < 4.78 is 5.50. The number of aliphatic hydroxyl groups excluding tert-OH is 1. The Hall–Kier alpha value is -1.37. The number of nitrogens with one attached hydrogen (secondary N) is 3. The van der Waals surface area contributed by atoms with Gasteiger partial charge < -0.3 is 25.8 Å². The van der Waals surface area contributed by atoms with Gasteiger partial charge in [-0.05, 0) is 36.8 Å². The summed E-state index contributed by atoms with van der Waals surface area (Å²) in [4.78, 5) is 51.6. The fraction of sp³-hybridized carbons (Fsp3) is 0.727. The van der Waals surface area contributed by atoms with Gasteiger partial charge in [-0.15, -0.1) is 0 Å². The minimum absolute atomic E-state index is 0.141. The molecule has 2 aliphatic rings. The minimum atomic E-state index is -1.18. The number of rotatable bonds is 4. The van der Waals surface area contributed by atoms with E-state index in [1.165, 1.54) is 10.8 Å². The van der Waals surface area contributed by atoms with Crippen molar-refractivity contribution in [1.29, 1.82) is 0 Å². The lowest BCUT2D eigenvalue weighted by Gasteiger charge is -2.29. The van der Waals surface area contributed by atoms with Crippen LogP contribution >= 0.6 is 33.3 Å². The van der Waals surface area contributed by atoms with Crippen molar-refractivity contribution in [1.82, 2.24) is 16.0 Å². The van der Waals surface area contributed by atoms with Crippen LogP contribution in [0.25, 0.3) is 0 Å². The maximum atomic E-state index is 13.2. The lowest BCUT2D eigenvalue weighted by Crippen LogP contribution is -2.58. The van der Waals surface area contributed by atoms with Crippen LogP contribution in [0.15, 0.2) is 12.2 Å². The fourth-order valence-corrected chi connectivity index (χ4v) is 6.20. The van der Waals surface area contributed by atoms with Crippen LogP contribution in [0.2, 0.25) is 0 Å². The normalized spacial score (nSPS) is 31.3. The number of aliphatic hydroxyl groups is 1. The van der Waals surface area contributed by atoms with Crippen molar-refractivity contribution in [3.05, 3.63) is 12.2 Å². The average Bonchev–Trinajstić information content (AvgIpc) is 2.77. The predicted octanol–water partition coefficient (Wildman–Crippen LogP) is 1.26. The topological polar surface area (TPSA) is 134 Å². The van der Waals surface area contributed by atoms with Gasteiger partial charge in [0.2, 0.25) is 17.7 Å². The zero-order valence-electron chi connectivity index (χ0n) is 19.8. The molecule has 0 aliphatic carbocycles. The largest absolute Gasteiger partial charge is 0.457 e. The third kappa shape index (κ3) is 9.71. The number of carbonyl (C=O) groups is 4. The van der Waals surface area contributed by atoms with Crippen molar-refractivity contribution in [2.45, 2.75) is 69.9 Å². The number of hydrogen-bond donors (Lipinski definition) is 4. The second-order valence-electron chi connectivity index (χ2n) is 8.57. The highest BCUT2D eigenvalue weighted by atomic mass is 33.1. The van der Waals surface area contributed by atoms with Gasteiger partial charge in [-0.25, -0.2) is 0 Å². The SMILES string of the molecule is CSCC[C@H]1NC(=O)C[C@@H]2/C=C/CCSSC[C@@H](NC1=O)C(=O)N[C@@H](C(C)C)[C@@H](O)CC(=O)O2. The Morgan fingerprint density at radius 1 is 1.12 bits per heavy atom. The van der Waals surface area contributed by atoms with Gasteiger partial charge in [0.05, 0.1) is 25.0 Å². The number of allylic oxidation sites excluding steroid dienone is 1. The van der Waals surface area contributed by atoms with Crippen LogP contribution in [0.4, 0.5) is 0 Å². The van der Waals surface area contributed by atoms with Gasteiger partial charge in [-0.3, -0.25) is 19.2 Å². The van der Waals surface area contributed by atoms with Crippen LogP contribution in [0.3, 0.4) is 0 Å². The molecule has 4 N–H and O–H groups in total. The molecular formula is C22H35N3O6S3. The molecule has 2 aliphatic heterocycles. The average molecular weight is 534 g/mol. The van der Waals surface area contributed by atoms with Crippen LogP contribution in [0, 0.1) is 5.92 Å². The summed E-state index contributed by atoms with van der Waals surface area (Å²) in [6, 6.07) is -2.40. The predicted molar refractivity (Wildman–Crippen MR) is 137 cm³/mol. The van der Waals surface area contributed by atoms with Gasteiger partial charge in [0, 0.05) is 11.5 Å². The van der Waals surface area contributed by atoms with Crippen LogP contribution in [0.5, 0.6) is 0 Å². The van der Waals surface area contributed by atoms with E-state index in [9.17, 15) is 24.3 Å². The highest BCUT2D eigenvalue weighted by Crippen LogP contribution is 2.24. The van der Waals surface area contributed by atoms with Crippen molar-refractivity contribution in [3.8, 4) is 0 Å². The van der Waals surface area contributed by atoms with Crippen molar-refractivity contribution in [2.75, 3.05) is 23.5 Å². The molecule has 2 rings (SSSR count). The number of ether oxygens (including phenoxy) is 1. The Balaban J connectivity index is 2.45. The maximum absolute atomic E-state index is 13.2. The molecular weight excluding hydrogens is 498 g/mol. The fourth-order valence-electron chi connectivity index (χ4n) is 3.57. The van der Waals surface area contributed by atoms with E-state index in [1.54, 1.807) is 28.6 Å². The number of thioether (sulfide) groups is 1. The molecule has 1 saturated heterocycles. The molecule has 192 valence electrons. The molecule has 0 aromatic carbocycles. The summed E-state index contributed by atoms with van der Waals surface area (Å²) in [7, 11) is 3.04. The summed E-state index contributed by atoms with van der Waals surface area (Å²) in [5, 5.41) is 19.1. The van der Waals surface area contributed by atoms with E-state index in [0.717, 1.165) is 5.75 Å². The number of hydrogen-bond acceptors (Lipinski definition) is 9. The molecule has 5 atom stereocenters. The van der Waals surface area contributed by atoms with Gasteiger partial charge in [-0.2, -0.15) is 11.8 Å². The third-order valence-electron chi connectivity index (χ3n) is 5.42. The number of esters is 1. The Kier molecular flexibility index (Phi) is 12.6. The summed E-state index contributed by atoms with van der Waals surface area (Å²) in [5.74, 6) is -0.440. The molecule has 2 bridgehead atoms. The molecule has 34 heavy (non-hydrogen) atoms. The van der Waals surface area contributed by atoms with Crippen molar-refractivity contribution in [3.63, 3.8) is 0 Å². The van der Waals surface area contributed by atoms with E-state index >= 15 is 0 Å². The highest BCUT2D eigenvalue weighted by Gasteiger charge is 2.33. The molecule has 0 aromatic heterocycles. The molecule has 2 heterocycles. The van der Waals surface area contributed by atoms with Gasteiger partial charge in [-0.1, -0.05) is 41.5 Å². The van der Waals surface area contributed by atoms with Crippen LogP contribution in [-0.2, 0) is 23.9 Å². The molecule has 9 nitrogen and oxygen atoms in total. The first-order chi connectivity index (χ1) is 16.2. The van der Waals surface area contributed by atoms with Crippen LogP contribution < -0.4 is 16.0 Å². The Morgan fingerprint density at radius 3 is 2.59 bits per heavy atom. The highest BCUT2D eigenvalue weighted by molar-refractivity contribution is 8.76. The molecule has 1 fully saturated rings. The maximum Gasteiger partial charge on any atom is 0.309 e. The lowest BCUT2D eigenvalue weighted by molar-refractivity contribution is -0.151. The van der Waals surface area contributed by atoms with E-state index in [2.05, 4.69) is 16.0 Å². The first-order valence-electron chi connectivity index (χ1n) is 11.4. The molecule has 0 unspecified atom stereocenters. The number of fused-ring (bicyclic) bond motifs is 7. The van der Waals surface area contributed by atoms with Gasteiger partial charge in [0.15, 0.2) is 0 Å². The lowest BCUT2D eigenvalue weighted by atomic mass is 9.96. The summed E-state index contributed by atoms with van der Waals surface area (Å²) in [6.07, 6.45) is 4.05. The standard InChI is InChI=1S/C22H35N3O6S3/c1-13(2)20-17(26)11-19(28)31-14-6-4-5-8-33-34-12-16(22(30)25-20)24-21(29)15(7-9-32-3)23-18(27)10-14/h4,6,13-17,20,26H,5,7-12H2,1-3H3,(H,23,27)(H,24,29)(H,25,30)/b6-4+/t14-,15+,16+,17-,20-/m0/s1. The van der Waals surface area contributed by atoms with E-state index in [1.807, 2.05) is 26.2 Å². The molecule has 0 saturated carbocycles. The van der Waals surface area contributed by atoms with Gasteiger partial charge in [0.25, 0.3) is 0 Å². The Labute approximate surface area is 213 Å². The molecule has 0 aromatic rings. The first-order valence-corrected chi connectivity index (χ1v) is 15.3. The molecule has 3 amide bonds. The second kappa shape index (κ2) is 14.9. The van der Waals surface area contributed by atoms with Gasteiger partial charge in [0.1, 0.15) is 18.2 Å². The monoisotopic (exact) mass is 533 g/mol. The zero-order valence-corrected chi connectivity index (χ0v) is 22.2. The van der Waals surface area contributed by atoms with Crippen LogP contribution in [0.1, 0.15) is 39.5 Å². The van der Waals surface area contributed by atoms with Crippen molar-refractivity contribution < 1.29 is 29.0 Å². The van der Waals surface area contributed by atoms with Gasteiger partial charge >= 0.3 is 5.97 Å². The first kappa shape index (κ1) is 28.9. The second-order valence-corrected chi connectivity index (χ2v) is 12.2. The summed E-state index contributed by atoms with van der Waals surface area (Å²) in [5.41, 5.74) is 0. The molecule has 0 radical (unpaired) electrons. The van der Waals surface area contributed by atoms with E-state index in [0.29, 0.717) is 24.3 Å². The zero-order chi connectivity index (χ0) is 25.1. The summed E-state index contributed by atoms with van der Waals surface area (Å²) >= 11 is 1.55. The number of carbonyl (C=O) groups excluding carboxylic acids is 4. The quantitative estimate of drug-likeness (QED) is 0.239. The summed E-state index contributed by atoms with van der Waals surface area (Å²) in [6.45, 7) is 3.66. The third-order valence-corrected chi connectivity index (χ3v) is 8.51. The number of amides is 3. The molecule has 12 heteroatoms. The van der Waals surface area contributed by atoms with Crippen molar-refractivity contribution in [2.24, 2.45) is 5.92 Å². The minimum Gasteiger partial charge on any atom is -0.457 e. The van der Waals surface area contributed by atoms with Crippen LogP contribution in [-0.4, -0.2) is 82.6 Å². The van der Waals surface area contributed by atoms with E-state index < -0.39 is 54.0 Å². The Morgan fingerprint density at radius 2 is 1.88 bits per heavy atom. The van der Waals surface area contributed by atoms with E-state index in [-0.39, 0.29) is 18.8 Å².